The first-order valence-corrected chi connectivity index (χ1v) is 6.53. The van der Waals surface area contributed by atoms with E-state index in [9.17, 15) is 0 Å². The second-order valence-electron chi connectivity index (χ2n) is 4.78. The van der Waals surface area contributed by atoms with Crippen molar-refractivity contribution in [3.63, 3.8) is 0 Å². The first-order valence-electron chi connectivity index (χ1n) is 6.53. The molecule has 0 amide bonds. The van der Waals surface area contributed by atoms with Crippen molar-refractivity contribution in [1.82, 2.24) is 4.90 Å². The van der Waals surface area contributed by atoms with Crippen molar-refractivity contribution in [3.05, 3.63) is 23.8 Å². The van der Waals surface area contributed by atoms with Crippen LogP contribution in [0.15, 0.2) is 18.2 Å². The van der Waals surface area contributed by atoms with E-state index >= 15 is 0 Å². The number of hydrogen-bond acceptors (Lipinski definition) is 3. The molecule has 0 aromatic heterocycles. The van der Waals surface area contributed by atoms with Gasteiger partial charge in [0.2, 0.25) is 0 Å². The molecule has 1 aromatic rings. The minimum Gasteiger partial charge on any atom is -0.486 e. The zero-order valence-electron chi connectivity index (χ0n) is 10.2. The first kappa shape index (κ1) is 10.9. The van der Waals surface area contributed by atoms with Crippen molar-refractivity contribution in [3.8, 4) is 11.5 Å². The average Bonchev–Trinajstić information content (AvgIpc) is 2.32. The maximum atomic E-state index is 5.59. The number of ether oxygens (including phenoxy) is 2. The number of fused-ring (bicyclic) bond motifs is 1. The largest absolute Gasteiger partial charge is 0.486 e. The molecule has 0 radical (unpaired) electrons. The molecule has 2 heterocycles. The van der Waals surface area contributed by atoms with Crippen molar-refractivity contribution in [1.29, 1.82) is 0 Å². The quantitative estimate of drug-likeness (QED) is 0.795. The van der Waals surface area contributed by atoms with Crippen molar-refractivity contribution in [2.45, 2.75) is 19.3 Å². The minimum atomic E-state index is 0.668. The Morgan fingerprint density at radius 1 is 1.06 bits per heavy atom. The zero-order valence-corrected chi connectivity index (χ0v) is 10.2. The van der Waals surface area contributed by atoms with Gasteiger partial charge < -0.3 is 14.4 Å². The first-order chi connectivity index (χ1) is 8.42. The molecule has 0 unspecified atom stereocenters. The fraction of sp³-hybridized carbons (Fsp3) is 0.571. The molecule has 3 rings (SSSR count). The molecule has 0 bridgehead atoms. The van der Waals surface area contributed by atoms with Gasteiger partial charge in [-0.1, -0.05) is 6.07 Å². The third-order valence-electron chi connectivity index (χ3n) is 3.50. The Labute approximate surface area is 102 Å². The van der Waals surface area contributed by atoms with Crippen molar-refractivity contribution in [2.75, 3.05) is 32.8 Å². The molecule has 0 N–H and O–H groups in total. The Balaban J connectivity index is 1.55. The summed E-state index contributed by atoms with van der Waals surface area (Å²) < 4.78 is 11.1. The van der Waals surface area contributed by atoms with Gasteiger partial charge in [0.25, 0.3) is 0 Å². The maximum Gasteiger partial charge on any atom is 0.161 e. The van der Waals surface area contributed by atoms with Crippen molar-refractivity contribution >= 4 is 0 Å². The number of nitrogens with zero attached hydrogens (tertiary/aromatic N) is 1. The number of benzene rings is 1. The monoisotopic (exact) mass is 233 g/mol. The van der Waals surface area contributed by atoms with E-state index in [1.165, 1.54) is 38.0 Å². The van der Waals surface area contributed by atoms with Gasteiger partial charge in [-0.15, -0.1) is 0 Å². The van der Waals surface area contributed by atoms with Gasteiger partial charge in [0.05, 0.1) is 0 Å². The van der Waals surface area contributed by atoms with E-state index in [2.05, 4.69) is 17.0 Å². The normalized spacial score (nSPS) is 18.8. The summed E-state index contributed by atoms with van der Waals surface area (Å²) in [5.74, 6) is 1.81. The molecule has 1 aromatic carbocycles. The summed E-state index contributed by atoms with van der Waals surface area (Å²) in [6, 6.07) is 6.32. The molecule has 0 atom stereocenters. The van der Waals surface area contributed by atoms with Crippen molar-refractivity contribution < 1.29 is 9.47 Å². The van der Waals surface area contributed by atoms with Crippen LogP contribution in [0.25, 0.3) is 0 Å². The van der Waals surface area contributed by atoms with E-state index in [0.29, 0.717) is 13.2 Å². The second-order valence-corrected chi connectivity index (χ2v) is 4.78. The van der Waals surface area contributed by atoms with E-state index < -0.39 is 0 Å². The lowest BCUT2D eigenvalue weighted by Gasteiger charge is -2.30. The lowest BCUT2D eigenvalue weighted by atomic mass is 10.1. The van der Waals surface area contributed by atoms with Gasteiger partial charge in [-0.05, 0) is 56.6 Å². The number of rotatable bonds is 4. The van der Waals surface area contributed by atoms with Crippen LogP contribution in [0.5, 0.6) is 11.5 Å². The highest BCUT2D eigenvalue weighted by Crippen LogP contribution is 2.31. The Hall–Kier alpha value is -1.22. The Kier molecular flexibility index (Phi) is 3.18. The van der Waals surface area contributed by atoms with Gasteiger partial charge in [0, 0.05) is 0 Å². The van der Waals surface area contributed by atoms with Crippen LogP contribution in [-0.2, 0) is 6.42 Å². The summed E-state index contributed by atoms with van der Waals surface area (Å²) >= 11 is 0. The molecule has 3 heteroatoms. The smallest absolute Gasteiger partial charge is 0.161 e. The predicted molar refractivity (Wildman–Crippen MR) is 66.8 cm³/mol. The van der Waals surface area contributed by atoms with Crippen LogP contribution in [0.1, 0.15) is 18.4 Å². The summed E-state index contributed by atoms with van der Waals surface area (Å²) in [5.41, 5.74) is 1.36. The van der Waals surface area contributed by atoms with Gasteiger partial charge in [-0.25, -0.2) is 0 Å². The fourth-order valence-electron chi connectivity index (χ4n) is 2.36. The van der Waals surface area contributed by atoms with Gasteiger partial charge in [-0.2, -0.15) is 0 Å². The Bertz CT molecular complexity index is 388. The van der Waals surface area contributed by atoms with E-state index in [-0.39, 0.29) is 0 Å². The van der Waals surface area contributed by atoms with E-state index in [0.717, 1.165) is 17.9 Å². The summed E-state index contributed by atoms with van der Waals surface area (Å²) in [6.07, 6.45) is 3.75. The fourth-order valence-corrected chi connectivity index (χ4v) is 2.36. The van der Waals surface area contributed by atoms with Crippen LogP contribution in [0.4, 0.5) is 0 Å². The van der Waals surface area contributed by atoms with E-state index in [4.69, 9.17) is 9.47 Å². The lowest BCUT2D eigenvalue weighted by Crippen LogP contribution is -2.37. The molecule has 1 fully saturated rings. The molecular weight excluding hydrogens is 214 g/mol. The van der Waals surface area contributed by atoms with Crippen LogP contribution < -0.4 is 9.47 Å². The van der Waals surface area contributed by atoms with Crippen LogP contribution in [0, 0.1) is 0 Å². The summed E-state index contributed by atoms with van der Waals surface area (Å²) in [4.78, 5) is 2.51. The summed E-state index contributed by atoms with van der Waals surface area (Å²) in [6.45, 7) is 5.16. The maximum absolute atomic E-state index is 5.59. The highest BCUT2D eigenvalue weighted by atomic mass is 16.6. The molecule has 3 nitrogen and oxygen atoms in total. The van der Waals surface area contributed by atoms with Gasteiger partial charge in [0.1, 0.15) is 13.2 Å². The van der Waals surface area contributed by atoms with Gasteiger partial charge in [-0.3, -0.25) is 0 Å². The number of likely N-dealkylation sites (tertiary alicyclic amines) is 1. The summed E-state index contributed by atoms with van der Waals surface area (Å²) in [7, 11) is 0. The van der Waals surface area contributed by atoms with E-state index in [1.807, 2.05) is 6.07 Å². The van der Waals surface area contributed by atoms with Crippen LogP contribution >= 0.6 is 0 Å². The molecule has 0 spiro atoms. The molecule has 2 aliphatic rings. The third-order valence-corrected chi connectivity index (χ3v) is 3.50. The number of aryl methyl sites for hydroxylation is 1. The second kappa shape index (κ2) is 4.96. The molecule has 1 saturated heterocycles. The molecule has 2 aliphatic heterocycles. The Morgan fingerprint density at radius 3 is 2.65 bits per heavy atom. The predicted octanol–water partition coefficient (Wildman–Crippen LogP) is 2.10. The molecule has 0 saturated carbocycles. The Morgan fingerprint density at radius 2 is 1.88 bits per heavy atom. The molecule has 17 heavy (non-hydrogen) atoms. The zero-order chi connectivity index (χ0) is 11.5. The van der Waals surface area contributed by atoms with E-state index in [1.54, 1.807) is 0 Å². The molecule has 92 valence electrons. The van der Waals surface area contributed by atoms with Gasteiger partial charge >= 0.3 is 0 Å². The third kappa shape index (κ3) is 2.55. The van der Waals surface area contributed by atoms with Crippen molar-refractivity contribution in [2.24, 2.45) is 0 Å². The van der Waals surface area contributed by atoms with Crippen LogP contribution in [0.2, 0.25) is 0 Å². The topological polar surface area (TPSA) is 21.7 Å². The highest BCUT2D eigenvalue weighted by Gasteiger charge is 2.14. The minimum absolute atomic E-state index is 0.668. The molecule has 0 aliphatic carbocycles. The standard InChI is InChI=1S/C14H19NO2/c1(6-15-7-2-8-15)3-12-4-5-13-14(11-12)17-10-9-16-13/h4-5,11H,1-3,6-10H2. The summed E-state index contributed by atoms with van der Waals surface area (Å²) in [5, 5.41) is 0. The van der Waals surface area contributed by atoms with Gasteiger partial charge in [0.15, 0.2) is 11.5 Å². The average molecular weight is 233 g/mol. The van der Waals surface area contributed by atoms with Crippen LogP contribution in [0.3, 0.4) is 0 Å². The molecular formula is C14H19NO2. The van der Waals surface area contributed by atoms with Crippen LogP contribution in [-0.4, -0.2) is 37.7 Å². The number of hydrogen-bond donors (Lipinski definition) is 0. The lowest BCUT2D eigenvalue weighted by molar-refractivity contribution is 0.171. The SMILES string of the molecule is c1cc2c(cc1CCCN1CCC1)OCCO2. The highest BCUT2D eigenvalue weighted by molar-refractivity contribution is 5.43.